The summed E-state index contributed by atoms with van der Waals surface area (Å²) in [4.78, 5) is 10.6. The van der Waals surface area contributed by atoms with Crippen LogP contribution in [0.25, 0.3) is 0 Å². The molecule has 0 fully saturated rings. The minimum atomic E-state index is -0.232. The molecule has 0 radical (unpaired) electrons. The molecule has 0 atom stereocenters. The zero-order valence-electron chi connectivity index (χ0n) is 6.01. The van der Waals surface area contributed by atoms with Gasteiger partial charge in [-0.3, -0.25) is 10.2 Å². The van der Waals surface area contributed by atoms with Crippen molar-refractivity contribution in [1.29, 1.82) is 0 Å². The number of carbonyl (C=O) groups is 1. The number of thioether (sulfide) groups is 1. The van der Waals surface area contributed by atoms with E-state index in [-0.39, 0.29) is 5.97 Å². The van der Waals surface area contributed by atoms with Crippen LogP contribution in [0, 0.1) is 0 Å². The van der Waals surface area contributed by atoms with E-state index in [1.807, 2.05) is 0 Å². The molecule has 62 valence electrons. The SMILES string of the molecule is COC(=O)CSC1=CNNN1. The minimum absolute atomic E-state index is 0.232. The van der Waals surface area contributed by atoms with Crippen molar-refractivity contribution in [1.82, 2.24) is 16.4 Å². The van der Waals surface area contributed by atoms with E-state index in [1.165, 1.54) is 18.9 Å². The van der Waals surface area contributed by atoms with Crippen LogP contribution in [-0.2, 0) is 9.53 Å². The van der Waals surface area contributed by atoms with E-state index in [4.69, 9.17) is 0 Å². The molecule has 1 aliphatic heterocycles. The van der Waals surface area contributed by atoms with Gasteiger partial charge in [-0.25, -0.2) is 0 Å². The second kappa shape index (κ2) is 4.09. The summed E-state index contributed by atoms with van der Waals surface area (Å²) < 4.78 is 4.45. The van der Waals surface area contributed by atoms with Crippen LogP contribution in [0.1, 0.15) is 0 Å². The van der Waals surface area contributed by atoms with Crippen LogP contribution in [0.15, 0.2) is 11.2 Å². The highest BCUT2D eigenvalue weighted by atomic mass is 32.2. The molecule has 0 amide bonds. The first-order valence-electron chi connectivity index (χ1n) is 2.99. The molecule has 11 heavy (non-hydrogen) atoms. The highest BCUT2D eigenvalue weighted by Crippen LogP contribution is 2.11. The molecule has 0 aromatic carbocycles. The second-order valence-electron chi connectivity index (χ2n) is 1.77. The molecule has 6 heteroatoms. The summed E-state index contributed by atoms with van der Waals surface area (Å²) in [6.07, 6.45) is 1.73. The first-order valence-corrected chi connectivity index (χ1v) is 3.98. The van der Waals surface area contributed by atoms with Gasteiger partial charge in [0, 0.05) is 6.20 Å². The molecule has 0 aromatic heterocycles. The van der Waals surface area contributed by atoms with Crippen molar-refractivity contribution >= 4 is 17.7 Å². The number of ether oxygens (including phenoxy) is 1. The Kier molecular flexibility index (Phi) is 3.06. The van der Waals surface area contributed by atoms with Crippen LogP contribution >= 0.6 is 11.8 Å². The smallest absolute Gasteiger partial charge is 0.316 e. The molecule has 0 bridgehead atoms. The summed E-state index contributed by atoms with van der Waals surface area (Å²) in [5, 5.41) is 0.871. The molecular weight excluding hydrogens is 166 g/mol. The van der Waals surface area contributed by atoms with E-state index in [9.17, 15) is 4.79 Å². The van der Waals surface area contributed by atoms with Crippen LogP contribution in [-0.4, -0.2) is 18.8 Å². The molecule has 1 heterocycles. The average Bonchev–Trinajstić information content (AvgIpc) is 2.52. The predicted octanol–water partition coefficient (Wildman–Crippen LogP) is -0.696. The van der Waals surface area contributed by atoms with E-state index in [1.54, 1.807) is 6.20 Å². The van der Waals surface area contributed by atoms with Gasteiger partial charge in [-0.15, -0.1) is 0 Å². The van der Waals surface area contributed by atoms with Gasteiger partial charge in [-0.05, 0) is 0 Å². The summed E-state index contributed by atoms with van der Waals surface area (Å²) in [5.74, 6) is 0.0863. The highest BCUT2D eigenvalue weighted by Gasteiger charge is 2.06. The van der Waals surface area contributed by atoms with Crippen LogP contribution in [0.2, 0.25) is 0 Å². The maximum Gasteiger partial charge on any atom is 0.316 e. The van der Waals surface area contributed by atoms with Gasteiger partial charge in [-0.1, -0.05) is 11.8 Å². The molecule has 5 nitrogen and oxygen atoms in total. The fourth-order valence-corrected chi connectivity index (χ4v) is 1.17. The number of carbonyl (C=O) groups excluding carboxylic acids is 1. The van der Waals surface area contributed by atoms with Crippen molar-refractivity contribution in [2.45, 2.75) is 0 Å². The Labute approximate surface area is 68.5 Å². The fraction of sp³-hybridized carbons (Fsp3) is 0.400. The van der Waals surface area contributed by atoms with Crippen molar-refractivity contribution in [3.05, 3.63) is 11.2 Å². The molecule has 0 saturated carbocycles. The zero-order chi connectivity index (χ0) is 8.10. The lowest BCUT2D eigenvalue weighted by Gasteiger charge is -2.00. The largest absolute Gasteiger partial charge is 0.468 e. The molecule has 0 saturated heterocycles. The molecule has 0 spiro atoms. The third-order valence-corrected chi connectivity index (χ3v) is 1.95. The lowest BCUT2D eigenvalue weighted by molar-refractivity contribution is -0.137. The summed E-state index contributed by atoms with van der Waals surface area (Å²) in [6, 6.07) is 0. The maximum atomic E-state index is 10.6. The Balaban J connectivity index is 2.16. The van der Waals surface area contributed by atoms with Crippen molar-refractivity contribution in [3.8, 4) is 0 Å². The number of methoxy groups -OCH3 is 1. The lowest BCUT2D eigenvalue weighted by Crippen LogP contribution is -2.31. The number of nitrogens with one attached hydrogen (secondary N) is 3. The van der Waals surface area contributed by atoms with E-state index in [2.05, 4.69) is 21.1 Å². The van der Waals surface area contributed by atoms with Crippen LogP contribution in [0.4, 0.5) is 0 Å². The van der Waals surface area contributed by atoms with Crippen molar-refractivity contribution in [2.24, 2.45) is 0 Å². The Morgan fingerprint density at radius 2 is 2.64 bits per heavy atom. The van der Waals surface area contributed by atoms with Crippen molar-refractivity contribution in [2.75, 3.05) is 12.9 Å². The normalized spacial score (nSPS) is 14.8. The Morgan fingerprint density at radius 1 is 1.82 bits per heavy atom. The molecule has 1 rings (SSSR count). The third-order valence-electron chi connectivity index (χ3n) is 1.03. The van der Waals surface area contributed by atoms with Crippen LogP contribution in [0.3, 0.4) is 0 Å². The molecule has 1 aliphatic rings. The van der Waals surface area contributed by atoms with E-state index in [0.717, 1.165) is 5.03 Å². The van der Waals surface area contributed by atoms with Gasteiger partial charge in [0.1, 0.15) is 5.03 Å². The topological polar surface area (TPSA) is 62.4 Å². The summed E-state index contributed by atoms with van der Waals surface area (Å²) in [6.45, 7) is 0. The summed E-state index contributed by atoms with van der Waals surface area (Å²) in [7, 11) is 1.37. The predicted molar refractivity (Wildman–Crippen MR) is 42.0 cm³/mol. The van der Waals surface area contributed by atoms with Crippen LogP contribution < -0.4 is 16.4 Å². The summed E-state index contributed by atoms with van der Waals surface area (Å²) >= 11 is 1.37. The standard InChI is InChI=1S/C5H9N3O2S/c1-10-5(9)3-11-4-2-6-8-7-4/h2,6-8H,3H2,1H3. The average molecular weight is 175 g/mol. The van der Waals surface area contributed by atoms with E-state index in [0.29, 0.717) is 5.75 Å². The second-order valence-corrected chi connectivity index (χ2v) is 2.78. The third kappa shape index (κ3) is 2.69. The minimum Gasteiger partial charge on any atom is -0.468 e. The van der Waals surface area contributed by atoms with Gasteiger partial charge in [0.15, 0.2) is 0 Å². The number of hydrogen-bond acceptors (Lipinski definition) is 6. The number of hydrogen-bond donors (Lipinski definition) is 3. The maximum absolute atomic E-state index is 10.6. The zero-order valence-corrected chi connectivity index (χ0v) is 6.83. The number of esters is 1. The fourth-order valence-electron chi connectivity index (χ4n) is 0.509. The Bertz CT molecular complexity index is 183. The lowest BCUT2D eigenvalue weighted by atomic mass is 10.8. The van der Waals surface area contributed by atoms with Gasteiger partial charge in [0.2, 0.25) is 0 Å². The van der Waals surface area contributed by atoms with Crippen molar-refractivity contribution < 1.29 is 9.53 Å². The first-order chi connectivity index (χ1) is 5.33. The molecular formula is C5H9N3O2S. The van der Waals surface area contributed by atoms with Gasteiger partial charge >= 0.3 is 5.97 Å². The van der Waals surface area contributed by atoms with Gasteiger partial charge < -0.3 is 10.2 Å². The number of hydrazine groups is 2. The highest BCUT2D eigenvalue weighted by molar-refractivity contribution is 8.03. The van der Waals surface area contributed by atoms with E-state index >= 15 is 0 Å². The Morgan fingerprint density at radius 3 is 3.18 bits per heavy atom. The van der Waals surface area contributed by atoms with Crippen molar-refractivity contribution in [3.63, 3.8) is 0 Å². The molecule has 0 aromatic rings. The Hall–Kier alpha value is -0.880. The number of rotatable bonds is 3. The summed E-state index contributed by atoms with van der Waals surface area (Å²) in [5.41, 5.74) is 8.16. The first kappa shape index (κ1) is 8.22. The molecule has 0 aliphatic carbocycles. The monoisotopic (exact) mass is 175 g/mol. The van der Waals surface area contributed by atoms with Gasteiger partial charge in [0.05, 0.1) is 12.9 Å². The van der Waals surface area contributed by atoms with Crippen LogP contribution in [0.5, 0.6) is 0 Å². The van der Waals surface area contributed by atoms with Gasteiger partial charge in [0.25, 0.3) is 0 Å². The molecule has 0 unspecified atom stereocenters. The van der Waals surface area contributed by atoms with Gasteiger partial charge in [-0.2, -0.15) is 5.53 Å². The molecule has 3 N–H and O–H groups in total. The quantitative estimate of drug-likeness (QED) is 0.493. The van der Waals surface area contributed by atoms with E-state index < -0.39 is 0 Å².